The number of carbonyl (C=O) groups is 2. The number of carbonyl (C=O) groups excluding carboxylic acids is 2. The summed E-state index contributed by atoms with van der Waals surface area (Å²) in [7, 11) is 0. The zero-order valence-corrected chi connectivity index (χ0v) is 8.70. The highest BCUT2D eigenvalue weighted by Crippen LogP contribution is 2.04. The van der Waals surface area contributed by atoms with Gasteiger partial charge in [0.15, 0.2) is 0 Å². The van der Waals surface area contributed by atoms with Gasteiger partial charge < -0.3 is 20.7 Å². The highest BCUT2D eigenvalue weighted by Gasteiger charge is 2.18. The molecule has 2 amide bonds. The first-order chi connectivity index (χ1) is 7.20. The van der Waals surface area contributed by atoms with Crippen LogP contribution in [0.3, 0.4) is 0 Å². The summed E-state index contributed by atoms with van der Waals surface area (Å²) in [5, 5.41) is 2.98. The molecule has 0 atom stereocenters. The van der Waals surface area contributed by atoms with Crippen LogP contribution in [0.2, 0.25) is 0 Å². The van der Waals surface area contributed by atoms with Gasteiger partial charge in [-0.15, -0.1) is 0 Å². The molecule has 0 aromatic rings. The van der Waals surface area contributed by atoms with Gasteiger partial charge in [-0.25, -0.2) is 4.79 Å². The molecule has 0 aromatic heterocycles. The van der Waals surface area contributed by atoms with E-state index in [2.05, 4.69) is 10.1 Å². The zero-order chi connectivity index (χ0) is 11.1. The number of nitrogens with one attached hydrogen (secondary N) is 1. The summed E-state index contributed by atoms with van der Waals surface area (Å²) in [6.07, 6.45) is 1.01. The summed E-state index contributed by atoms with van der Waals surface area (Å²) in [6.45, 7) is 3.06. The van der Waals surface area contributed by atoms with Gasteiger partial charge in [-0.05, 0) is 19.4 Å². The number of amides is 2. The van der Waals surface area contributed by atoms with Crippen LogP contribution in [0.4, 0.5) is 4.79 Å². The molecule has 15 heavy (non-hydrogen) atoms. The van der Waals surface area contributed by atoms with Gasteiger partial charge in [0.1, 0.15) is 0 Å². The summed E-state index contributed by atoms with van der Waals surface area (Å²) in [5.41, 5.74) is 4.78. The number of primary amides is 1. The Morgan fingerprint density at radius 1 is 1.40 bits per heavy atom. The van der Waals surface area contributed by atoms with E-state index in [-0.39, 0.29) is 5.91 Å². The minimum atomic E-state index is -0.758. The number of ether oxygens (including phenoxy) is 1. The molecule has 86 valence electrons. The monoisotopic (exact) mass is 215 g/mol. The van der Waals surface area contributed by atoms with Crippen molar-refractivity contribution in [2.75, 3.05) is 32.8 Å². The number of nitrogens with two attached hydrogens (primary N) is 1. The minimum Gasteiger partial charge on any atom is -0.450 e. The summed E-state index contributed by atoms with van der Waals surface area (Å²) >= 11 is 0. The Balaban J connectivity index is 1.88. The number of hydrogen-bond donors (Lipinski definition) is 2. The second kappa shape index (κ2) is 6.23. The first-order valence-electron chi connectivity index (χ1n) is 5.11. The third-order valence-corrected chi connectivity index (χ3v) is 2.23. The van der Waals surface area contributed by atoms with E-state index in [1.165, 1.54) is 0 Å². The summed E-state index contributed by atoms with van der Waals surface area (Å²) in [6, 6.07) is 0. The molecule has 1 aliphatic heterocycles. The molecule has 0 bridgehead atoms. The number of nitrogens with zero attached hydrogens (tertiary/aromatic N) is 1. The molecule has 0 unspecified atom stereocenters. The predicted molar refractivity (Wildman–Crippen MR) is 54.2 cm³/mol. The van der Waals surface area contributed by atoms with Crippen LogP contribution in [0, 0.1) is 0 Å². The van der Waals surface area contributed by atoms with Crippen molar-refractivity contribution in [2.45, 2.75) is 12.8 Å². The summed E-state index contributed by atoms with van der Waals surface area (Å²) < 4.78 is 4.53. The van der Waals surface area contributed by atoms with Gasteiger partial charge in [0.2, 0.25) is 5.91 Å². The second-order valence-electron chi connectivity index (χ2n) is 3.43. The van der Waals surface area contributed by atoms with Gasteiger partial charge in [-0.1, -0.05) is 0 Å². The standard InChI is InChI=1S/C9H17N3O3/c10-9(14)15-6-1-3-11-7-8(13)12-4-2-5-12/h11H,1-7H2,(H2,10,14). The van der Waals surface area contributed by atoms with Crippen molar-refractivity contribution >= 4 is 12.0 Å². The lowest BCUT2D eigenvalue weighted by Crippen LogP contribution is -2.46. The Labute approximate surface area is 88.7 Å². The molecule has 1 heterocycles. The molecule has 0 aromatic carbocycles. The Kier molecular flexibility index (Phi) is 4.89. The summed E-state index contributed by atoms with van der Waals surface area (Å²) in [4.78, 5) is 23.3. The largest absolute Gasteiger partial charge is 0.450 e. The fourth-order valence-electron chi connectivity index (χ4n) is 1.24. The highest BCUT2D eigenvalue weighted by molar-refractivity contribution is 5.78. The van der Waals surface area contributed by atoms with Crippen molar-refractivity contribution in [3.05, 3.63) is 0 Å². The SMILES string of the molecule is NC(=O)OCCCNCC(=O)N1CCC1. The van der Waals surface area contributed by atoms with Gasteiger partial charge in [0.25, 0.3) is 0 Å². The molecule has 6 nitrogen and oxygen atoms in total. The van der Waals surface area contributed by atoms with Crippen molar-refractivity contribution in [3.63, 3.8) is 0 Å². The lowest BCUT2D eigenvalue weighted by atomic mass is 10.2. The van der Waals surface area contributed by atoms with Crippen molar-refractivity contribution in [2.24, 2.45) is 5.73 Å². The van der Waals surface area contributed by atoms with E-state index in [0.29, 0.717) is 26.1 Å². The van der Waals surface area contributed by atoms with E-state index in [1.807, 2.05) is 4.90 Å². The van der Waals surface area contributed by atoms with Crippen LogP contribution in [0.25, 0.3) is 0 Å². The Morgan fingerprint density at radius 2 is 2.13 bits per heavy atom. The first-order valence-corrected chi connectivity index (χ1v) is 5.11. The van der Waals surface area contributed by atoms with Gasteiger partial charge in [0.05, 0.1) is 13.2 Å². The van der Waals surface area contributed by atoms with Crippen LogP contribution in [0.1, 0.15) is 12.8 Å². The summed E-state index contributed by atoms with van der Waals surface area (Å²) in [5.74, 6) is 0.136. The number of likely N-dealkylation sites (tertiary alicyclic amines) is 1. The average molecular weight is 215 g/mol. The molecule has 0 saturated carbocycles. The Hall–Kier alpha value is -1.30. The lowest BCUT2D eigenvalue weighted by molar-refractivity contribution is -0.133. The highest BCUT2D eigenvalue weighted by atomic mass is 16.5. The van der Waals surface area contributed by atoms with E-state index in [9.17, 15) is 9.59 Å². The molecule has 1 fully saturated rings. The molecule has 0 radical (unpaired) electrons. The van der Waals surface area contributed by atoms with Crippen LogP contribution in [0.15, 0.2) is 0 Å². The lowest BCUT2D eigenvalue weighted by Gasteiger charge is -2.30. The van der Waals surface area contributed by atoms with Crippen molar-refractivity contribution < 1.29 is 14.3 Å². The van der Waals surface area contributed by atoms with Crippen LogP contribution < -0.4 is 11.1 Å². The fourth-order valence-corrected chi connectivity index (χ4v) is 1.24. The van der Waals surface area contributed by atoms with Crippen LogP contribution in [0.5, 0.6) is 0 Å². The van der Waals surface area contributed by atoms with E-state index in [1.54, 1.807) is 0 Å². The second-order valence-corrected chi connectivity index (χ2v) is 3.43. The average Bonchev–Trinajstić information content (AvgIpc) is 2.07. The first kappa shape index (κ1) is 11.8. The van der Waals surface area contributed by atoms with Crippen LogP contribution in [-0.2, 0) is 9.53 Å². The van der Waals surface area contributed by atoms with Crippen molar-refractivity contribution in [1.82, 2.24) is 10.2 Å². The van der Waals surface area contributed by atoms with E-state index in [0.717, 1.165) is 19.5 Å². The maximum Gasteiger partial charge on any atom is 0.404 e. The zero-order valence-electron chi connectivity index (χ0n) is 8.70. The third kappa shape index (κ3) is 4.64. The van der Waals surface area contributed by atoms with Gasteiger partial charge in [-0.2, -0.15) is 0 Å². The normalized spacial score (nSPS) is 14.5. The van der Waals surface area contributed by atoms with Crippen molar-refractivity contribution in [3.8, 4) is 0 Å². The number of rotatable bonds is 6. The molecule has 1 saturated heterocycles. The maximum absolute atomic E-state index is 11.3. The predicted octanol–water partition coefficient (Wildman–Crippen LogP) is -0.706. The molecule has 0 aliphatic carbocycles. The smallest absolute Gasteiger partial charge is 0.404 e. The van der Waals surface area contributed by atoms with Gasteiger partial charge >= 0.3 is 6.09 Å². The van der Waals surface area contributed by atoms with E-state index < -0.39 is 6.09 Å². The molecule has 1 rings (SSSR count). The molecule has 0 spiro atoms. The van der Waals surface area contributed by atoms with Gasteiger partial charge in [0, 0.05) is 13.1 Å². The third-order valence-electron chi connectivity index (χ3n) is 2.23. The minimum absolute atomic E-state index is 0.136. The molecule has 3 N–H and O–H groups in total. The van der Waals surface area contributed by atoms with Crippen LogP contribution >= 0.6 is 0 Å². The van der Waals surface area contributed by atoms with Gasteiger partial charge in [-0.3, -0.25) is 4.79 Å². The molecular weight excluding hydrogens is 198 g/mol. The molecule has 1 aliphatic rings. The van der Waals surface area contributed by atoms with E-state index >= 15 is 0 Å². The fraction of sp³-hybridized carbons (Fsp3) is 0.778. The van der Waals surface area contributed by atoms with Crippen molar-refractivity contribution in [1.29, 1.82) is 0 Å². The quantitative estimate of drug-likeness (QED) is 0.573. The maximum atomic E-state index is 11.3. The number of hydrogen-bond acceptors (Lipinski definition) is 4. The molecular formula is C9H17N3O3. The Morgan fingerprint density at radius 3 is 2.67 bits per heavy atom. The topological polar surface area (TPSA) is 84.7 Å². The van der Waals surface area contributed by atoms with E-state index in [4.69, 9.17) is 5.73 Å². The van der Waals surface area contributed by atoms with Crippen LogP contribution in [-0.4, -0.2) is 49.7 Å². The molecule has 6 heteroatoms. The Bertz CT molecular complexity index is 229.